The van der Waals surface area contributed by atoms with E-state index in [1.165, 1.54) is 0 Å². The first-order chi connectivity index (χ1) is 22.3. The first kappa shape index (κ1) is 40.5. The molecule has 1 rings (SSSR count). The van der Waals surface area contributed by atoms with E-state index < -0.39 is 66.2 Å². The summed E-state index contributed by atoms with van der Waals surface area (Å²) in [6, 6.07) is 3.21. The van der Waals surface area contributed by atoms with Crippen molar-refractivity contribution in [2.45, 2.75) is 95.4 Å². The number of nitrogens with one attached hydrogen (secondary N) is 4. The second-order valence-corrected chi connectivity index (χ2v) is 11.7. The lowest BCUT2D eigenvalue weighted by molar-refractivity contribution is -0.139. The zero-order valence-electron chi connectivity index (χ0n) is 27.2. The van der Waals surface area contributed by atoms with Gasteiger partial charge in [-0.3, -0.25) is 29.0 Å². The van der Waals surface area contributed by atoms with Crippen molar-refractivity contribution >= 4 is 41.8 Å². The molecule has 1 aromatic carbocycles. The highest BCUT2D eigenvalue weighted by Gasteiger charge is 2.31. The summed E-state index contributed by atoms with van der Waals surface area (Å²) >= 11 is 0. The molecule has 47 heavy (non-hydrogen) atoms. The van der Waals surface area contributed by atoms with Gasteiger partial charge in [0, 0.05) is 13.0 Å². The Labute approximate surface area is 275 Å². The molecule has 0 aromatic heterocycles. The number of nitrogens with two attached hydrogens (primary N) is 4. The molecule has 13 N–H and O–H groups in total. The Morgan fingerprint density at radius 3 is 2.00 bits per heavy atom. The van der Waals surface area contributed by atoms with Crippen LogP contribution in [-0.4, -0.2) is 90.2 Å². The van der Waals surface area contributed by atoms with E-state index in [2.05, 4.69) is 26.3 Å². The van der Waals surface area contributed by atoms with E-state index in [0.717, 1.165) is 0 Å². The number of aldehydes is 1. The first-order valence-corrected chi connectivity index (χ1v) is 15.7. The van der Waals surface area contributed by atoms with E-state index in [-0.39, 0.29) is 44.1 Å². The van der Waals surface area contributed by atoms with Crippen LogP contribution >= 0.6 is 0 Å². The maximum atomic E-state index is 13.6. The summed E-state index contributed by atoms with van der Waals surface area (Å²) in [7, 11) is 0. The van der Waals surface area contributed by atoms with Crippen LogP contribution in [0, 0.1) is 5.92 Å². The molecule has 4 amide bonds. The normalized spacial score (nSPS) is 14.1. The highest BCUT2D eigenvalue weighted by atomic mass is 16.4. The number of amides is 4. The molecule has 16 nitrogen and oxygen atoms in total. The number of carboxylic acids is 1. The van der Waals surface area contributed by atoms with Crippen molar-refractivity contribution in [3.63, 3.8) is 0 Å². The van der Waals surface area contributed by atoms with Gasteiger partial charge in [-0.05, 0) is 56.6 Å². The Bertz CT molecular complexity index is 1190. The Balaban J connectivity index is 3.15. The van der Waals surface area contributed by atoms with Crippen LogP contribution in [0.5, 0.6) is 0 Å². The minimum Gasteiger partial charge on any atom is -0.481 e. The van der Waals surface area contributed by atoms with Crippen LogP contribution in [0.3, 0.4) is 0 Å². The van der Waals surface area contributed by atoms with Gasteiger partial charge >= 0.3 is 5.97 Å². The zero-order valence-corrected chi connectivity index (χ0v) is 27.2. The van der Waals surface area contributed by atoms with Crippen LogP contribution in [0.2, 0.25) is 0 Å². The molecular formula is C31H51N9O7. The Morgan fingerprint density at radius 2 is 1.43 bits per heavy atom. The van der Waals surface area contributed by atoms with Gasteiger partial charge in [0.05, 0.1) is 18.5 Å². The van der Waals surface area contributed by atoms with E-state index >= 15 is 0 Å². The molecule has 16 heteroatoms. The van der Waals surface area contributed by atoms with Crippen molar-refractivity contribution in [1.82, 2.24) is 21.3 Å². The van der Waals surface area contributed by atoms with Gasteiger partial charge in [-0.1, -0.05) is 44.2 Å². The van der Waals surface area contributed by atoms with Crippen LogP contribution in [0.4, 0.5) is 0 Å². The molecule has 0 aliphatic heterocycles. The van der Waals surface area contributed by atoms with Gasteiger partial charge in [-0.2, -0.15) is 0 Å². The molecule has 0 bridgehead atoms. The lowest BCUT2D eigenvalue weighted by Crippen LogP contribution is -2.58. The number of hydrogen-bond acceptors (Lipinski definition) is 9. The molecule has 0 aliphatic rings. The van der Waals surface area contributed by atoms with Crippen molar-refractivity contribution in [1.29, 1.82) is 0 Å². The second kappa shape index (κ2) is 22.0. The van der Waals surface area contributed by atoms with Crippen molar-refractivity contribution in [2.75, 3.05) is 13.1 Å². The first-order valence-electron chi connectivity index (χ1n) is 15.7. The summed E-state index contributed by atoms with van der Waals surface area (Å²) < 4.78 is 0. The Hall–Kier alpha value is -4.57. The number of nitrogens with zero attached hydrogens (tertiary/aromatic N) is 1. The van der Waals surface area contributed by atoms with Crippen molar-refractivity contribution in [3.05, 3.63) is 35.9 Å². The zero-order chi connectivity index (χ0) is 35.4. The third kappa shape index (κ3) is 17.1. The average molecular weight is 662 g/mol. The number of carbonyl (C=O) groups excluding carboxylic acids is 5. The number of carbonyl (C=O) groups is 6. The molecule has 0 radical (unpaired) electrons. The third-order valence-corrected chi connectivity index (χ3v) is 7.03. The average Bonchev–Trinajstić information content (AvgIpc) is 3.01. The lowest BCUT2D eigenvalue weighted by Gasteiger charge is -2.27. The van der Waals surface area contributed by atoms with Gasteiger partial charge in [0.2, 0.25) is 23.6 Å². The lowest BCUT2D eigenvalue weighted by atomic mass is 10.00. The standard InChI is InChI=1S/C31H51N9O7/c1-19(2)15-24(39-28(45)23(12-6-7-13-32)38-27(44)22(33)11-8-14-36-31(34)35)30(47)40-25(16-20-9-4-3-5-10-20)29(46)37-21(18-41)17-26(42)43/h3-5,9-10,18-19,21-25H,6-8,11-17,32-33H2,1-2H3,(H,37,46)(H,38,44)(H,39,45)(H,40,47)(H,42,43)(H4,34,35,36)/t21-,22-,23-,24-,25-/m0/s1. The fraction of sp³-hybridized carbons (Fsp3) is 0.581. The molecule has 0 heterocycles. The molecule has 0 fully saturated rings. The van der Waals surface area contributed by atoms with Crippen LogP contribution in [0.1, 0.15) is 64.4 Å². The second-order valence-electron chi connectivity index (χ2n) is 11.7. The van der Waals surface area contributed by atoms with Gasteiger partial charge in [-0.15, -0.1) is 0 Å². The minimum absolute atomic E-state index is 0.0260. The summed E-state index contributed by atoms with van der Waals surface area (Å²) in [4.78, 5) is 79.7. The molecule has 0 unspecified atom stereocenters. The Morgan fingerprint density at radius 1 is 0.830 bits per heavy atom. The summed E-state index contributed by atoms with van der Waals surface area (Å²) in [5.74, 6) is -4.04. The van der Waals surface area contributed by atoms with Crippen molar-refractivity contribution in [3.8, 4) is 0 Å². The fourth-order valence-electron chi connectivity index (χ4n) is 4.60. The Kier molecular flexibility index (Phi) is 19.0. The monoisotopic (exact) mass is 661 g/mol. The van der Waals surface area contributed by atoms with E-state index in [9.17, 15) is 28.8 Å². The molecule has 0 saturated carbocycles. The summed E-state index contributed by atoms with van der Waals surface area (Å²) in [5, 5.41) is 19.5. The van der Waals surface area contributed by atoms with Gasteiger partial charge in [0.1, 0.15) is 24.4 Å². The summed E-state index contributed by atoms with van der Waals surface area (Å²) in [6.45, 7) is 4.37. The van der Waals surface area contributed by atoms with E-state index in [0.29, 0.717) is 37.7 Å². The van der Waals surface area contributed by atoms with Crippen LogP contribution in [-0.2, 0) is 35.2 Å². The van der Waals surface area contributed by atoms with Crippen molar-refractivity contribution in [2.24, 2.45) is 33.8 Å². The predicted octanol–water partition coefficient (Wildman–Crippen LogP) is -1.60. The number of aliphatic imine (C=N–C) groups is 1. The molecule has 0 spiro atoms. The topological polar surface area (TPSA) is 287 Å². The number of unbranched alkanes of at least 4 members (excludes halogenated alkanes) is 1. The van der Waals surface area contributed by atoms with Gasteiger partial charge in [0.15, 0.2) is 5.96 Å². The fourth-order valence-corrected chi connectivity index (χ4v) is 4.60. The number of aliphatic carboxylic acids is 1. The maximum Gasteiger partial charge on any atom is 0.305 e. The van der Waals surface area contributed by atoms with Crippen LogP contribution in [0.25, 0.3) is 0 Å². The number of rotatable bonds is 23. The largest absolute Gasteiger partial charge is 0.481 e. The van der Waals surface area contributed by atoms with E-state index in [1.807, 2.05) is 13.8 Å². The molecule has 0 aliphatic carbocycles. The minimum atomic E-state index is -1.31. The molecule has 1 aromatic rings. The SMILES string of the molecule is CC(C)C[C@H](NC(=O)[C@H](CCCCN)NC(=O)[C@@H](N)CCCN=C(N)N)C(=O)N[C@@H](Cc1ccccc1)C(=O)N[C@H](C=O)CC(=O)O. The van der Waals surface area contributed by atoms with Crippen LogP contribution in [0.15, 0.2) is 35.3 Å². The number of carboxylic acid groups (broad SMARTS) is 1. The smallest absolute Gasteiger partial charge is 0.305 e. The summed E-state index contributed by atoms with van der Waals surface area (Å²) in [6.07, 6.45) is 1.95. The quantitative estimate of drug-likeness (QED) is 0.0278. The van der Waals surface area contributed by atoms with Gasteiger partial charge in [0.25, 0.3) is 0 Å². The highest BCUT2D eigenvalue weighted by molar-refractivity contribution is 5.95. The number of hydrogen-bond donors (Lipinski definition) is 9. The third-order valence-electron chi connectivity index (χ3n) is 7.03. The highest BCUT2D eigenvalue weighted by Crippen LogP contribution is 2.10. The summed E-state index contributed by atoms with van der Waals surface area (Å²) in [5.41, 5.74) is 23.0. The molecule has 5 atom stereocenters. The van der Waals surface area contributed by atoms with E-state index in [4.69, 9.17) is 28.0 Å². The molecular weight excluding hydrogens is 610 g/mol. The van der Waals surface area contributed by atoms with Gasteiger partial charge in [-0.25, -0.2) is 0 Å². The number of benzene rings is 1. The molecule has 0 saturated heterocycles. The van der Waals surface area contributed by atoms with Crippen molar-refractivity contribution < 1.29 is 33.9 Å². The number of guanidine groups is 1. The van der Waals surface area contributed by atoms with E-state index in [1.54, 1.807) is 30.3 Å². The van der Waals surface area contributed by atoms with Crippen LogP contribution < -0.4 is 44.2 Å². The molecule has 262 valence electrons. The maximum absolute atomic E-state index is 13.6. The van der Waals surface area contributed by atoms with Gasteiger partial charge < -0.3 is 54.1 Å². The predicted molar refractivity (Wildman–Crippen MR) is 176 cm³/mol.